The van der Waals surface area contributed by atoms with E-state index in [1.165, 1.54) is 0 Å². The number of pyridine rings is 1. The fourth-order valence-corrected chi connectivity index (χ4v) is 5.25. The molecule has 31 heavy (non-hydrogen) atoms. The summed E-state index contributed by atoms with van der Waals surface area (Å²) in [6.07, 6.45) is 8.87. The summed E-state index contributed by atoms with van der Waals surface area (Å²) in [6, 6.07) is 11.6. The largest absolute Gasteiger partial charge is 0.492 e. The number of aryl methyl sites for hydroxylation is 1. The summed E-state index contributed by atoms with van der Waals surface area (Å²) in [5.41, 5.74) is 2.48. The van der Waals surface area contributed by atoms with Crippen molar-refractivity contribution in [3.05, 3.63) is 72.3 Å². The first-order chi connectivity index (χ1) is 15.2. The molecule has 2 aromatic heterocycles. The molecule has 0 spiro atoms. The summed E-state index contributed by atoms with van der Waals surface area (Å²) in [4.78, 5) is 28.6. The minimum atomic E-state index is 0.0406. The number of piperidine rings is 1. The second-order valence-electron chi connectivity index (χ2n) is 7.74. The highest BCUT2D eigenvalue weighted by atomic mass is 127. The lowest BCUT2D eigenvalue weighted by molar-refractivity contribution is 0.0469. The van der Waals surface area contributed by atoms with E-state index in [2.05, 4.69) is 37.5 Å². The number of hydrogen-bond acceptors (Lipinski definition) is 5. The molecular weight excluding hydrogens is 503 g/mol. The number of carbonyl (C=O) groups is 1. The number of ether oxygens (including phenoxy) is 1. The lowest BCUT2D eigenvalue weighted by atomic mass is 9.89. The fraction of sp³-hybridized carbons (Fsp3) is 0.333. The average Bonchev–Trinajstić information content (AvgIpc) is 2.83. The number of rotatable bonds is 6. The van der Waals surface area contributed by atoms with Gasteiger partial charge in [-0.25, -0.2) is 9.97 Å². The Bertz CT molecular complexity index is 1020. The Balaban J connectivity index is 1.58. The SMILES string of the molecule is Cc1ccc(-c2ncccn2)c(C(=O)N2CCCC(COc3cccnc3)C2CI)c1. The maximum Gasteiger partial charge on any atom is 0.254 e. The van der Waals surface area contributed by atoms with Crippen molar-refractivity contribution in [1.82, 2.24) is 19.9 Å². The number of benzene rings is 1. The Morgan fingerprint density at radius 3 is 2.77 bits per heavy atom. The van der Waals surface area contributed by atoms with Gasteiger partial charge in [0, 0.05) is 47.1 Å². The topological polar surface area (TPSA) is 68.2 Å². The number of alkyl halides is 1. The van der Waals surface area contributed by atoms with Crippen LogP contribution < -0.4 is 4.74 Å². The van der Waals surface area contributed by atoms with Gasteiger partial charge in [0.25, 0.3) is 5.91 Å². The molecule has 160 valence electrons. The fourth-order valence-electron chi connectivity index (χ4n) is 4.05. The van der Waals surface area contributed by atoms with Crippen molar-refractivity contribution in [2.24, 2.45) is 5.92 Å². The standard InChI is InChI=1S/C24H25IN4O2/c1-17-7-8-20(23-27-10-4-11-28-23)21(13-17)24(30)29-12-3-5-18(22(29)14-25)16-31-19-6-2-9-26-15-19/h2,4,6-11,13,15,18,22H,3,5,12,14,16H2,1H3. The highest BCUT2D eigenvalue weighted by Gasteiger charge is 2.35. The zero-order chi connectivity index (χ0) is 21.6. The number of hydrogen-bond donors (Lipinski definition) is 0. The van der Waals surface area contributed by atoms with E-state index in [0.29, 0.717) is 18.0 Å². The molecule has 3 heterocycles. The third-order valence-electron chi connectivity index (χ3n) is 5.65. The molecule has 2 unspecified atom stereocenters. The molecule has 1 aromatic carbocycles. The molecule has 3 aromatic rings. The van der Waals surface area contributed by atoms with Gasteiger partial charge in [-0.2, -0.15) is 0 Å². The maximum atomic E-state index is 13.8. The van der Waals surface area contributed by atoms with Crippen LogP contribution in [-0.2, 0) is 0 Å². The van der Waals surface area contributed by atoms with Crippen molar-refractivity contribution in [1.29, 1.82) is 0 Å². The van der Waals surface area contributed by atoms with E-state index in [0.717, 1.165) is 40.7 Å². The zero-order valence-electron chi connectivity index (χ0n) is 17.4. The molecular formula is C24H25IN4O2. The summed E-state index contributed by atoms with van der Waals surface area (Å²) in [5, 5.41) is 0. The van der Waals surface area contributed by atoms with Gasteiger partial charge in [0.2, 0.25) is 0 Å². The molecule has 1 aliphatic heterocycles. The Morgan fingerprint density at radius 2 is 2.03 bits per heavy atom. The number of nitrogens with zero attached hydrogens (tertiary/aromatic N) is 4. The molecule has 0 aliphatic carbocycles. The van der Waals surface area contributed by atoms with Crippen LogP contribution in [-0.4, -0.2) is 49.4 Å². The number of amides is 1. The monoisotopic (exact) mass is 528 g/mol. The second kappa shape index (κ2) is 10.2. The van der Waals surface area contributed by atoms with E-state index in [1.54, 1.807) is 30.9 Å². The van der Waals surface area contributed by atoms with E-state index in [9.17, 15) is 4.79 Å². The maximum absolute atomic E-state index is 13.8. The molecule has 4 rings (SSSR count). The van der Waals surface area contributed by atoms with Crippen LogP contribution in [0.5, 0.6) is 5.75 Å². The van der Waals surface area contributed by atoms with E-state index < -0.39 is 0 Å². The molecule has 1 saturated heterocycles. The highest BCUT2D eigenvalue weighted by Crippen LogP contribution is 2.30. The van der Waals surface area contributed by atoms with Crippen LogP contribution in [0.2, 0.25) is 0 Å². The quantitative estimate of drug-likeness (QED) is 0.346. The minimum absolute atomic E-state index is 0.0406. The number of carbonyl (C=O) groups excluding carboxylic acids is 1. The van der Waals surface area contributed by atoms with Crippen LogP contribution >= 0.6 is 22.6 Å². The molecule has 0 saturated carbocycles. The number of halogens is 1. The predicted molar refractivity (Wildman–Crippen MR) is 128 cm³/mol. The Labute approximate surface area is 196 Å². The molecule has 0 N–H and O–H groups in total. The van der Waals surface area contributed by atoms with Gasteiger partial charge < -0.3 is 9.64 Å². The molecule has 1 aliphatic rings. The van der Waals surface area contributed by atoms with Crippen LogP contribution in [0, 0.1) is 12.8 Å². The third-order valence-corrected chi connectivity index (χ3v) is 6.55. The Hall–Kier alpha value is -2.55. The molecule has 2 atom stereocenters. The predicted octanol–water partition coefficient (Wildman–Crippen LogP) is 4.58. The molecule has 0 bridgehead atoms. The summed E-state index contributed by atoms with van der Waals surface area (Å²) in [7, 11) is 0. The minimum Gasteiger partial charge on any atom is -0.492 e. The van der Waals surface area contributed by atoms with Gasteiger partial charge in [-0.1, -0.05) is 40.3 Å². The van der Waals surface area contributed by atoms with E-state index in [1.807, 2.05) is 42.2 Å². The molecule has 1 fully saturated rings. The lowest BCUT2D eigenvalue weighted by Gasteiger charge is -2.40. The van der Waals surface area contributed by atoms with Crippen LogP contribution in [0.1, 0.15) is 28.8 Å². The first-order valence-corrected chi connectivity index (χ1v) is 12.0. The van der Waals surface area contributed by atoms with Gasteiger partial charge in [0.15, 0.2) is 5.82 Å². The van der Waals surface area contributed by atoms with Crippen LogP contribution in [0.3, 0.4) is 0 Å². The van der Waals surface area contributed by atoms with Crippen molar-refractivity contribution in [3.8, 4) is 17.1 Å². The Kier molecular flexibility index (Phi) is 7.11. The van der Waals surface area contributed by atoms with Gasteiger partial charge in [0.1, 0.15) is 5.75 Å². The molecule has 0 radical (unpaired) electrons. The van der Waals surface area contributed by atoms with Crippen molar-refractivity contribution in [2.75, 3.05) is 17.6 Å². The summed E-state index contributed by atoms with van der Waals surface area (Å²) in [6.45, 7) is 3.33. The lowest BCUT2D eigenvalue weighted by Crippen LogP contribution is -2.51. The molecule has 6 nitrogen and oxygen atoms in total. The van der Waals surface area contributed by atoms with Crippen molar-refractivity contribution >= 4 is 28.5 Å². The van der Waals surface area contributed by atoms with Crippen molar-refractivity contribution in [3.63, 3.8) is 0 Å². The summed E-state index contributed by atoms with van der Waals surface area (Å²) >= 11 is 2.38. The normalized spacial score (nSPS) is 18.6. The number of aromatic nitrogens is 3. The molecule has 7 heteroatoms. The van der Waals surface area contributed by atoms with E-state index in [-0.39, 0.29) is 17.9 Å². The van der Waals surface area contributed by atoms with Gasteiger partial charge in [0.05, 0.1) is 18.4 Å². The van der Waals surface area contributed by atoms with E-state index in [4.69, 9.17) is 4.74 Å². The van der Waals surface area contributed by atoms with Crippen LogP contribution in [0.4, 0.5) is 0 Å². The average molecular weight is 528 g/mol. The van der Waals surface area contributed by atoms with Gasteiger partial charge in [-0.05, 0) is 44.0 Å². The number of likely N-dealkylation sites (tertiary alicyclic amines) is 1. The first-order valence-electron chi connectivity index (χ1n) is 10.4. The summed E-state index contributed by atoms with van der Waals surface area (Å²) < 4.78 is 6.85. The smallest absolute Gasteiger partial charge is 0.254 e. The zero-order valence-corrected chi connectivity index (χ0v) is 19.6. The van der Waals surface area contributed by atoms with Gasteiger partial charge in [-0.15, -0.1) is 0 Å². The third kappa shape index (κ3) is 5.03. The summed E-state index contributed by atoms with van der Waals surface area (Å²) in [5.74, 6) is 1.65. The van der Waals surface area contributed by atoms with Crippen molar-refractivity contribution in [2.45, 2.75) is 25.8 Å². The van der Waals surface area contributed by atoms with Gasteiger partial charge >= 0.3 is 0 Å². The first kappa shape index (κ1) is 21.7. The van der Waals surface area contributed by atoms with Crippen LogP contribution in [0.25, 0.3) is 11.4 Å². The highest BCUT2D eigenvalue weighted by molar-refractivity contribution is 14.1. The van der Waals surface area contributed by atoms with E-state index >= 15 is 0 Å². The Morgan fingerprint density at radius 1 is 1.19 bits per heavy atom. The van der Waals surface area contributed by atoms with Gasteiger partial charge in [-0.3, -0.25) is 9.78 Å². The second-order valence-corrected chi connectivity index (χ2v) is 8.62. The molecule has 1 amide bonds. The van der Waals surface area contributed by atoms with Crippen molar-refractivity contribution < 1.29 is 9.53 Å². The van der Waals surface area contributed by atoms with Crippen LogP contribution in [0.15, 0.2) is 61.2 Å².